The van der Waals surface area contributed by atoms with Gasteiger partial charge in [-0.3, -0.25) is 4.79 Å². The third kappa shape index (κ3) is 4.76. The molecule has 0 atom stereocenters. The minimum absolute atomic E-state index is 0.0168. The lowest BCUT2D eigenvalue weighted by molar-refractivity contribution is 0.0222. The SMILES string of the molecule is CC(C)CONCCn1ccccc1=O. The van der Waals surface area contributed by atoms with Gasteiger partial charge in [0.1, 0.15) is 0 Å². The lowest BCUT2D eigenvalue weighted by atomic mass is 10.2. The smallest absolute Gasteiger partial charge is 0.250 e. The van der Waals surface area contributed by atoms with Gasteiger partial charge in [0.15, 0.2) is 0 Å². The topological polar surface area (TPSA) is 43.3 Å². The van der Waals surface area contributed by atoms with Crippen LogP contribution in [0, 0.1) is 5.92 Å². The summed E-state index contributed by atoms with van der Waals surface area (Å²) in [6.45, 7) is 6.12. The fourth-order valence-corrected chi connectivity index (χ4v) is 1.11. The first-order valence-electron chi connectivity index (χ1n) is 5.20. The lowest BCUT2D eigenvalue weighted by Gasteiger charge is -2.08. The summed E-state index contributed by atoms with van der Waals surface area (Å²) in [7, 11) is 0. The Hall–Kier alpha value is -1.13. The molecule has 4 heteroatoms. The van der Waals surface area contributed by atoms with Crippen LogP contribution in [0.5, 0.6) is 0 Å². The van der Waals surface area contributed by atoms with Crippen LogP contribution < -0.4 is 11.0 Å². The zero-order valence-corrected chi connectivity index (χ0v) is 9.27. The molecule has 0 bridgehead atoms. The molecule has 84 valence electrons. The van der Waals surface area contributed by atoms with Crippen LogP contribution in [0.15, 0.2) is 29.2 Å². The summed E-state index contributed by atoms with van der Waals surface area (Å²) in [6, 6.07) is 5.13. The quantitative estimate of drug-likeness (QED) is 0.563. The Morgan fingerprint density at radius 3 is 2.93 bits per heavy atom. The van der Waals surface area contributed by atoms with Crippen LogP contribution in [0.2, 0.25) is 0 Å². The van der Waals surface area contributed by atoms with Gasteiger partial charge in [0.25, 0.3) is 5.56 Å². The third-order valence-electron chi connectivity index (χ3n) is 1.87. The fourth-order valence-electron chi connectivity index (χ4n) is 1.11. The van der Waals surface area contributed by atoms with Gasteiger partial charge in [0.05, 0.1) is 6.61 Å². The molecule has 0 aromatic carbocycles. The van der Waals surface area contributed by atoms with Gasteiger partial charge >= 0.3 is 0 Å². The summed E-state index contributed by atoms with van der Waals surface area (Å²) < 4.78 is 1.64. The van der Waals surface area contributed by atoms with Crippen molar-refractivity contribution in [3.63, 3.8) is 0 Å². The summed E-state index contributed by atoms with van der Waals surface area (Å²) in [4.78, 5) is 16.5. The van der Waals surface area contributed by atoms with Crippen LogP contribution in [0.25, 0.3) is 0 Å². The van der Waals surface area contributed by atoms with Crippen molar-refractivity contribution in [3.05, 3.63) is 34.7 Å². The monoisotopic (exact) mass is 210 g/mol. The predicted molar refractivity (Wildman–Crippen MR) is 59.5 cm³/mol. The molecule has 0 saturated heterocycles. The molecule has 0 amide bonds. The van der Waals surface area contributed by atoms with Crippen molar-refractivity contribution in [3.8, 4) is 0 Å². The standard InChI is InChI=1S/C11H18N2O2/c1-10(2)9-15-12-6-8-13-7-4-3-5-11(13)14/h3-5,7,10,12H,6,8-9H2,1-2H3. The van der Waals surface area contributed by atoms with Crippen LogP contribution in [0.3, 0.4) is 0 Å². The molecular formula is C11H18N2O2. The second-order valence-electron chi connectivity index (χ2n) is 3.83. The molecule has 1 aromatic rings. The molecule has 1 N–H and O–H groups in total. The molecule has 0 aliphatic heterocycles. The number of pyridine rings is 1. The first-order valence-corrected chi connectivity index (χ1v) is 5.20. The molecule has 0 unspecified atom stereocenters. The van der Waals surface area contributed by atoms with E-state index in [1.165, 1.54) is 0 Å². The van der Waals surface area contributed by atoms with Crippen molar-refractivity contribution < 1.29 is 4.84 Å². The minimum Gasteiger partial charge on any atom is -0.314 e. The Morgan fingerprint density at radius 2 is 2.27 bits per heavy atom. The van der Waals surface area contributed by atoms with E-state index in [0.29, 0.717) is 25.6 Å². The maximum Gasteiger partial charge on any atom is 0.250 e. The molecular weight excluding hydrogens is 192 g/mol. The van der Waals surface area contributed by atoms with Crippen molar-refractivity contribution in [2.24, 2.45) is 5.92 Å². The summed E-state index contributed by atoms with van der Waals surface area (Å²) >= 11 is 0. The predicted octanol–water partition coefficient (Wildman–Crippen LogP) is 1.03. The number of hydrogen-bond donors (Lipinski definition) is 1. The highest BCUT2D eigenvalue weighted by molar-refractivity contribution is 4.92. The van der Waals surface area contributed by atoms with E-state index in [1.807, 2.05) is 6.07 Å². The number of nitrogens with one attached hydrogen (secondary N) is 1. The number of rotatable bonds is 6. The minimum atomic E-state index is 0.0168. The number of hydrogen-bond acceptors (Lipinski definition) is 3. The van der Waals surface area contributed by atoms with E-state index < -0.39 is 0 Å². The molecule has 1 aromatic heterocycles. The number of hydroxylamine groups is 1. The van der Waals surface area contributed by atoms with Crippen molar-refractivity contribution in [1.29, 1.82) is 0 Å². The maximum atomic E-state index is 11.3. The summed E-state index contributed by atoms with van der Waals surface area (Å²) in [6.07, 6.45) is 1.77. The molecule has 0 saturated carbocycles. The number of aromatic nitrogens is 1. The fraction of sp³-hybridized carbons (Fsp3) is 0.545. The summed E-state index contributed by atoms with van der Waals surface area (Å²) in [5.74, 6) is 0.511. The Labute approximate surface area is 89.8 Å². The van der Waals surface area contributed by atoms with Crippen LogP contribution in [0.4, 0.5) is 0 Å². The average Bonchev–Trinajstić information content (AvgIpc) is 2.20. The largest absolute Gasteiger partial charge is 0.314 e. The van der Waals surface area contributed by atoms with Gasteiger partial charge in [-0.05, 0) is 12.0 Å². The van der Waals surface area contributed by atoms with Crippen LogP contribution in [-0.2, 0) is 11.4 Å². The lowest BCUT2D eigenvalue weighted by Crippen LogP contribution is -2.27. The summed E-state index contributed by atoms with van der Waals surface area (Å²) in [5.41, 5.74) is 2.85. The van der Waals surface area contributed by atoms with E-state index in [-0.39, 0.29) is 5.56 Å². The van der Waals surface area contributed by atoms with Crippen molar-refractivity contribution in [2.75, 3.05) is 13.2 Å². The maximum absolute atomic E-state index is 11.3. The highest BCUT2D eigenvalue weighted by atomic mass is 16.6. The molecule has 4 nitrogen and oxygen atoms in total. The molecule has 0 fully saturated rings. The molecule has 1 rings (SSSR count). The Balaban J connectivity index is 2.21. The zero-order chi connectivity index (χ0) is 11.1. The van der Waals surface area contributed by atoms with Gasteiger partial charge in [-0.1, -0.05) is 19.9 Å². The van der Waals surface area contributed by atoms with E-state index in [9.17, 15) is 4.79 Å². The van der Waals surface area contributed by atoms with Crippen molar-refractivity contribution in [2.45, 2.75) is 20.4 Å². The van der Waals surface area contributed by atoms with Gasteiger partial charge in [-0.15, -0.1) is 0 Å². The second-order valence-corrected chi connectivity index (χ2v) is 3.83. The van der Waals surface area contributed by atoms with E-state index in [2.05, 4.69) is 19.3 Å². The molecule has 0 radical (unpaired) electrons. The van der Waals surface area contributed by atoms with Gasteiger partial charge in [-0.25, -0.2) is 5.48 Å². The van der Waals surface area contributed by atoms with E-state index in [4.69, 9.17) is 4.84 Å². The Bertz CT molecular complexity index is 333. The Morgan fingerprint density at radius 1 is 1.47 bits per heavy atom. The first-order chi connectivity index (χ1) is 7.20. The van der Waals surface area contributed by atoms with Gasteiger partial charge in [0.2, 0.25) is 0 Å². The average molecular weight is 210 g/mol. The zero-order valence-electron chi connectivity index (χ0n) is 9.27. The van der Waals surface area contributed by atoms with E-state index in [1.54, 1.807) is 22.9 Å². The van der Waals surface area contributed by atoms with Gasteiger partial charge < -0.3 is 9.40 Å². The van der Waals surface area contributed by atoms with E-state index in [0.717, 1.165) is 0 Å². The van der Waals surface area contributed by atoms with Crippen LogP contribution in [-0.4, -0.2) is 17.7 Å². The first kappa shape index (κ1) is 11.9. The second kappa shape index (κ2) is 6.37. The molecule has 1 heterocycles. The Kier molecular flexibility index (Phi) is 5.07. The third-order valence-corrected chi connectivity index (χ3v) is 1.87. The summed E-state index contributed by atoms with van der Waals surface area (Å²) in [5, 5.41) is 0. The van der Waals surface area contributed by atoms with Crippen molar-refractivity contribution >= 4 is 0 Å². The van der Waals surface area contributed by atoms with Crippen molar-refractivity contribution in [1.82, 2.24) is 10.0 Å². The molecule has 15 heavy (non-hydrogen) atoms. The molecule has 0 aliphatic carbocycles. The van der Waals surface area contributed by atoms with E-state index >= 15 is 0 Å². The van der Waals surface area contributed by atoms with Gasteiger partial charge in [-0.2, -0.15) is 0 Å². The normalized spacial score (nSPS) is 10.9. The number of nitrogens with zero attached hydrogens (tertiary/aromatic N) is 1. The molecule has 0 spiro atoms. The van der Waals surface area contributed by atoms with Crippen LogP contribution in [0.1, 0.15) is 13.8 Å². The molecule has 0 aliphatic rings. The van der Waals surface area contributed by atoms with Gasteiger partial charge in [0, 0.05) is 25.4 Å². The highest BCUT2D eigenvalue weighted by Crippen LogP contribution is 1.89. The highest BCUT2D eigenvalue weighted by Gasteiger charge is 1.95. The van der Waals surface area contributed by atoms with Crippen LogP contribution >= 0.6 is 0 Å².